The van der Waals surface area contributed by atoms with E-state index in [0.717, 1.165) is 11.8 Å². The number of terminal acetylenes is 1. The molecule has 2 N–H and O–H groups in total. The number of hydrogen-bond acceptors (Lipinski definition) is 7. The maximum absolute atomic E-state index is 11.3. The maximum atomic E-state index is 11.3. The molecule has 0 aromatic carbocycles. The first-order valence-corrected chi connectivity index (χ1v) is 8.04. The van der Waals surface area contributed by atoms with Crippen LogP contribution in [-0.4, -0.2) is 65.9 Å². The van der Waals surface area contributed by atoms with E-state index in [2.05, 4.69) is 15.9 Å². The summed E-state index contributed by atoms with van der Waals surface area (Å²) in [6.07, 6.45) is 6.43. The van der Waals surface area contributed by atoms with Crippen molar-refractivity contribution in [1.82, 2.24) is 9.97 Å². The first-order chi connectivity index (χ1) is 11.5. The molecule has 0 amide bonds. The van der Waals surface area contributed by atoms with Gasteiger partial charge in [0, 0.05) is 6.20 Å². The van der Waals surface area contributed by atoms with Gasteiger partial charge in [-0.1, -0.05) is 17.7 Å². The molecular formula is C15H20N2O6S. The number of nitrogens with one attached hydrogen (secondary N) is 1. The lowest BCUT2D eigenvalue weighted by Crippen LogP contribution is -2.25. The first-order valence-electron chi connectivity index (χ1n) is 7.16. The fourth-order valence-electron chi connectivity index (χ4n) is 1.52. The van der Waals surface area contributed by atoms with Crippen molar-refractivity contribution in [3.8, 4) is 12.3 Å². The topological polar surface area (TPSA) is 111 Å². The second kappa shape index (κ2) is 11.6. The van der Waals surface area contributed by atoms with Crippen LogP contribution in [0.2, 0.25) is 0 Å². The average molecular weight is 356 g/mol. The quantitative estimate of drug-likeness (QED) is 0.238. The Labute approximate surface area is 143 Å². The largest absolute Gasteiger partial charge is 0.480 e. The highest BCUT2D eigenvalue weighted by Crippen LogP contribution is 2.23. The van der Waals surface area contributed by atoms with E-state index in [1.807, 2.05) is 0 Å². The van der Waals surface area contributed by atoms with Gasteiger partial charge in [0.2, 0.25) is 0 Å². The summed E-state index contributed by atoms with van der Waals surface area (Å²) in [6, 6.07) is 0. The predicted octanol–water partition coefficient (Wildman–Crippen LogP) is 0.307. The van der Waals surface area contributed by atoms with Crippen LogP contribution in [0.15, 0.2) is 16.0 Å². The SMILES string of the molecule is C#CCOCCOCCOCC(Sc1[nH]c(=O)ncc1C)C(=O)O. The van der Waals surface area contributed by atoms with Gasteiger partial charge in [0.15, 0.2) is 0 Å². The monoisotopic (exact) mass is 356 g/mol. The van der Waals surface area contributed by atoms with Gasteiger partial charge in [0.25, 0.3) is 0 Å². The smallest absolute Gasteiger partial charge is 0.345 e. The van der Waals surface area contributed by atoms with Gasteiger partial charge in [-0.25, -0.2) is 9.78 Å². The second-order valence-electron chi connectivity index (χ2n) is 4.59. The zero-order valence-electron chi connectivity index (χ0n) is 13.3. The van der Waals surface area contributed by atoms with E-state index in [0.29, 0.717) is 30.4 Å². The standard InChI is InChI=1S/C15H20N2O6S/c1-3-4-21-5-6-22-7-8-23-10-12(14(18)19)24-13-11(2)9-16-15(20)17-13/h1,9,12H,4-8,10H2,2H3,(H,18,19)(H,16,17,20). The van der Waals surface area contributed by atoms with E-state index in [1.165, 1.54) is 6.20 Å². The summed E-state index contributed by atoms with van der Waals surface area (Å²) in [5.41, 5.74) is 0.176. The fraction of sp³-hybridized carbons (Fsp3) is 0.533. The van der Waals surface area contributed by atoms with Crippen LogP contribution in [0.4, 0.5) is 0 Å². The zero-order valence-corrected chi connectivity index (χ0v) is 14.1. The van der Waals surface area contributed by atoms with Crippen molar-refractivity contribution in [3.05, 3.63) is 22.2 Å². The summed E-state index contributed by atoms with van der Waals surface area (Å²) in [6.45, 7) is 3.33. The van der Waals surface area contributed by atoms with Crippen molar-refractivity contribution in [2.24, 2.45) is 0 Å². The molecule has 1 unspecified atom stereocenters. The number of aliphatic carboxylic acids is 1. The van der Waals surface area contributed by atoms with Crippen molar-refractivity contribution in [3.63, 3.8) is 0 Å². The number of H-pyrrole nitrogens is 1. The highest BCUT2D eigenvalue weighted by Gasteiger charge is 2.20. The van der Waals surface area contributed by atoms with Crippen LogP contribution in [-0.2, 0) is 19.0 Å². The molecule has 9 heteroatoms. The summed E-state index contributed by atoms with van der Waals surface area (Å²) < 4.78 is 15.6. The van der Waals surface area contributed by atoms with Crippen molar-refractivity contribution < 1.29 is 24.1 Å². The highest BCUT2D eigenvalue weighted by molar-refractivity contribution is 8.00. The minimum atomic E-state index is -1.03. The number of thioether (sulfide) groups is 1. The number of carboxylic acids is 1. The Hall–Kier alpha value is -1.86. The van der Waals surface area contributed by atoms with Crippen LogP contribution < -0.4 is 5.69 Å². The number of nitrogens with zero attached hydrogens (tertiary/aromatic N) is 1. The van der Waals surface area contributed by atoms with Crippen molar-refractivity contribution >= 4 is 17.7 Å². The number of aryl methyl sites for hydroxylation is 1. The summed E-state index contributed by atoms with van der Waals surface area (Å²) in [5.74, 6) is 1.32. The second-order valence-corrected chi connectivity index (χ2v) is 5.80. The number of carbonyl (C=O) groups is 1. The molecule has 1 rings (SSSR count). The Morgan fingerprint density at radius 2 is 2.04 bits per heavy atom. The molecule has 8 nitrogen and oxygen atoms in total. The number of aromatic amines is 1. The lowest BCUT2D eigenvalue weighted by atomic mass is 10.4. The van der Waals surface area contributed by atoms with Gasteiger partial charge < -0.3 is 24.3 Å². The van der Waals surface area contributed by atoms with Gasteiger partial charge in [-0.05, 0) is 12.5 Å². The fourth-order valence-corrected chi connectivity index (χ4v) is 2.46. The van der Waals surface area contributed by atoms with Gasteiger partial charge in [0.1, 0.15) is 11.9 Å². The molecule has 0 aliphatic rings. The number of aromatic nitrogens is 2. The molecule has 0 radical (unpaired) electrons. The normalized spacial score (nSPS) is 11.8. The number of ether oxygens (including phenoxy) is 3. The molecule has 1 aromatic rings. The molecule has 132 valence electrons. The molecule has 0 aliphatic carbocycles. The number of rotatable bonds is 12. The summed E-state index contributed by atoms with van der Waals surface area (Å²) in [7, 11) is 0. The third-order valence-corrected chi connectivity index (χ3v) is 3.97. The van der Waals surface area contributed by atoms with E-state index in [-0.39, 0.29) is 19.8 Å². The third kappa shape index (κ3) is 8.12. The van der Waals surface area contributed by atoms with E-state index < -0.39 is 16.9 Å². The minimum Gasteiger partial charge on any atom is -0.480 e. The Kier molecular flexibility index (Phi) is 9.79. The molecule has 0 saturated heterocycles. The zero-order chi connectivity index (χ0) is 17.8. The van der Waals surface area contributed by atoms with Crippen LogP contribution >= 0.6 is 11.8 Å². The van der Waals surface area contributed by atoms with Crippen LogP contribution in [0, 0.1) is 19.3 Å². The Balaban J connectivity index is 2.29. The van der Waals surface area contributed by atoms with Crippen LogP contribution in [0.1, 0.15) is 5.56 Å². The molecule has 24 heavy (non-hydrogen) atoms. The predicted molar refractivity (Wildman–Crippen MR) is 88.2 cm³/mol. The minimum absolute atomic E-state index is 0.0131. The molecule has 0 spiro atoms. The summed E-state index contributed by atoms with van der Waals surface area (Å²) in [5, 5.41) is 8.86. The van der Waals surface area contributed by atoms with E-state index in [9.17, 15) is 14.7 Å². The van der Waals surface area contributed by atoms with Crippen molar-refractivity contribution in [2.45, 2.75) is 17.2 Å². The first kappa shape index (κ1) is 20.2. The molecule has 0 saturated carbocycles. The Morgan fingerprint density at radius 3 is 2.71 bits per heavy atom. The molecule has 1 heterocycles. The Bertz CT molecular complexity index is 613. The van der Waals surface area contributed by atoms with Gasteiger partial charge in [0.05, 0.1) is 38.1 Å². The molecular weight excluding hydrogens is 336 g/mol. The average Bonchev–Trinajstić information content (AvgIpc) is 2.55. The van der Waals surface area contributed by atoms with Gasteiger partial charge in [-0.15, -0.1) is 6.42 Å². The van der Waals surface area contributed by atoms with Crippen LogP contribution in [0.5, 0.6) is 0 Å². The van der Waals surface area contributed by atoms with Crippen molar-refractivity contribution in [1.29, 1.82) is 0 Å². The van der Waals surface area contributed by atoms with Gasteiger partial charge in [-0.2, -0.15) is 0 Å². The van der Waals surface area contributed by atoms with Gasteiger partial charge in [-0.3, -0.25) is 4.79 Å². The molecule has 1 aromatic heterocycles. The van der Waals surface area contributed by atoms with E-state index in [4.69, 9.17) is 20.6 Å². The molecule has 0 bridgehead atoms. The van der Waals surface area contributed by atoms with E-state index >= 15 is 0 Å². The number of carboxylic acid groups (broad SMARTS) is 1. The highest BCUT2D eigenvalue weighted by atomic mass is 32.2. The summed E-state index contributed by atoms with van der Waals surface area (Å²) in [4.78, 5) is 28.6. The lowest BCUT2D eigenvalue weighted by molar-refractivity contribution is -0.137. The summed E-state index contributed by atoms with van der Waals surface area (Å²) >= 11 is 1.02. The van der Waals surface area contributed by atoms with Gasteiger partial charge >= 0.3 is 11.7 Å². The number of hydrogen-bond donors (Lipinski definition) is 2. The van der Waals surface area contributed by atoms with E-state index in [1.54, 1.807) is 6.92 Å². The Morgan fingerprint density at radius 1 is 1.38 bits per heavy atom. The van der Waals surface area contributed by atoms with Crippen LogP contribution in [0.3, 0.4) is 0 Å². The molecule has 0 aliphatic heterocycles. The van der Waals surface area contributed by atoms with Crippen LogP contribution in [0.25, 0.3) is 0 Å². The lowest BCUT2D eigenvalue weighted by Gasteiger charge is -2.13. The molecule has 0 fully saturated rings. The van der Waals surface area contributed by atoms with Crippen molar-refractivity contribution in [2.75, 3.05) is 39.6 Å². The third-order valence-electron chi connectivity index (χ3n) is 2.69. The molecule has 1 atom stereocenters. The maximum Gasteiger partial charge on any atom is 0.345 e.